The summed E-state index contributed by atoms with van der Waals surface area (Å²) in [6.07, 6.45) is 1.16. The molecule has 0 aliphatic heterocycles. The molecule has 6 nitrogen and oxygen atoms in total. The van der Waals surface area contributed by atoms with Gasteiger partial charge in [0.25, 0.3) is 0 Å². The summed E-state index contributed by atoms with van der Waals surface area (Å²) in [4.78, 5) is 28.1. The molecule has 1 N–H and O–H groups in total. The molecule has 35 heavy (non-hydrogen) atoms. The van der Waals surface area contributed by atoms with Gasteiger partial charge in [0.05, 0.1) is 13.2 Å². The van der Waals surface area contributed by atoms with Crippen LogP contribution in [0.3, 0.4) is 0 Å². The largest absolute Gasteiger partial charge is 0.490 e. The van der Waals surface area contributed by atoms with Gasteiger partial charge >= 0.3 is 0 Å². The third-order valence-corrected chi connectivity index (χ3v) is 6.15. The Labute approximate surface area is 218 Å². The highest BCUT2D eigenvalue weighted by Gasteiger charge is 2.29. The first-order chi connectivity index (χ1) is 16.7. The number of hydrogen-bond donors (Lipinski definition) is 1. The Kier molecular flexibility index (Phi) is 11.7. The number of nitrogens with zero attached hydrogens (tertiary/aromatic N) is 1. The normalized spacial score (nSPS) is 11.8. The summed E-state index contributed by atoms with van der Waals surface area (Å²) >= 11 is 12.8. The van der Waals surface area contributed by atoms with Gasteiger partial charge in [0.15, 0.2) is 11.5 Å². The molecule has 0 saturated carbocycles. The number of aryl methyl sites for hydroxylation is 1. The van der Waals surface area contributed by atoms with E-state index in [1.807, 2.05) is 52.8 Å². The molecule has 0 spiro atoms. The molecule has 2 rings (SSSR count). The van der Waals surface area contributed by atoms with Gasteiger partial charge in [-0.3, -0.25) is 9.59 Å². The number of amides is 2. The molecule has 0 aliphatic rings. The molecule has 2 aromatic carbocycles. The summed E-state index contributed by atoms with van der Waals surface area (Å²) in [5.41, 5.74) is 1.57. The van der Waals surface area contributed by atoms with Crippen LogP contribution in [-0.4, -0.2) is 42.0 Å². The Balaban J connectivity index is 2.29. The highest BCUT2D eigenvalue weighted by molar-refractivity contribution is 6.36. The quantitative estimate of drug-likeness (QED) is 0.347. The number of ether oxygens (including phenoxy) is 2. The first-order valence-electron chi connectivity index (χ1n) is 12.1. The average molecular weight is 524 g/mol. The van der Waals surface area contributed by atoms with Crippen LogP contribution < -0.4 is 14.8 Å². The molecule has 0 aliphatic carbocycles. The fraction of sp³-hybridized carbons (Fsp3) is 0.481. The number of carbonyl (C=O) groups is 2. The zero-order chi connectivity index (χ0) is 26.0. The molecule has 8 heteroatoms. The van der Waals surface area contributed by atoms with Crippen LogP contribution in [0.1, 0.15) is 58.6 Å². The van der Waals surface area contributed by atoms with Gasteiger partial charge in [-0.1, -0.05) is 42.3 Å². The van der Waals surface area contributed by atoms with Gasteiger partial charge in [-0.15, -0.1) is 0 Å². The number of nitrogens with one attached hydrogen (secondary N) is 1. The Hall–Kier alpha value is -2.44. The molecule has 0 saturated heterocycles. The Bertz CT molecular complexity index is 977. The average Bonchev–Trinajstić information content (AvgIpc) is 2.80. The smallest absolute Gasteiger partial charge is 0.243 e. The number of carbonyl (C=O) groups excluding carboxylic acids is 2. The zero-order valence-corrected chi connectivity index (χ0v) is 22.7. The Morgan fingerprint density at radius 3 is 2.17 bits per heavy atom. The van der Waals surface area contributed by atoms with Crippen LogP contribution in [-0.2, 0) is 22.6 Å². The fourth-order valence-corrected chi connectivity index (χ4v) is 4.32. The first kappa shape index (κ1) is 28.8. The molecule has 0 bridgehead atoms. The second kappa shape index (κ2) is 14.2. The van der Waals surface area contributed by atoms with E-state index in [9.17, 15) is 9.59 Å². The summed E-state index contributed by atoms with van der Waals surface area (Å²) < 4.78 is 11.3. The van der Waals surface area contributed by atoms with Gasteiger partial charge in [-0.25, -0.2) is 0 Å². The second-order valence-electron chi connectivity index (χ2n) is 8.46. The van der Waals surface area contributed by atoms with Gasteiger partial charge in [-0.05, 0) is 70.4 Å². The number of halogens is 2. The Morgan fingerprint density at radius 2 is 1.60 bits per heavy atom. The third kappa shape index (κ3) is 8.32. The van der Waals surface area contributed by atoms with Crippen molar-refractivity contribution in [1.29, 1.82) is 0 Å². The predicted molar refractivity (Wildman–Crippen MR) is 141 cm³/mol. The number of hydrogen-bond acceptors (Lipinski definition) is 4. The lowest BCUT2D eigenvalue weighted by molar-refractivity contribution is -0.141. The molecule has 0 fully saturated rings. The highest BCUT2D eigenvalue weighted by Crippen LogP contribution is 2.30. The monoisotopic (exact) mass is 522 g/mol. The molecule has 1 atom stereocenters. The van der Waals surface area contributed by atoms with E-state index in [-0.39, 0.29) is 30.8 Å². The lowest BCUT2D eigenvalue weighted by Crippen LogP contribution is -2.50. The van der Waals surface area contributed by atoms with Gasteiger partial charge < -0.3 is 19.7 Å². The minimum atomic E-state index is -0.642. The molecule has 0 heterocycles. The van der Waals surface area contributed by atoms with Crippen LogP contribution in [0.2, 0.25) is 10.0 Å². The predicted octanol–water partition coefficient (Wildman–Crippen LogP) is 6.06. The van der Waals surface area contributed by atoms with Crippen molar-refractivity contribution in [2.45, 2.75) is 72.5 Å². The van der Waals surface area contributed by atoms with Crippen molar-refractivity contribution in [2.24, 2.45) is 0 Å². The van der Waals surface area contributed by atoms with Crippen LogP contribution in [0.15, 0.2) is 36.4 Å². The molecule has 0 radical (unpaired) electrons. The van der Waals surface area contributed by atoms with Gasteiger partial charge in [0, 0.05) is 34.6 Å². The lowest BCUT2D eigenvalue weighted by Gasteiger charge is -2.32. The van der Waals surface area contributed by atoms with E-state index < -0.39 is 6.04 Å². The van der Waals surface area contributed by atoms with Crippen molar-refractivity contribution in [3.63, 3.8) is 0 Å². The van der Waals surface area contributed by atoms with Crippen LogP contribution >= 0.6 is 23.2 Å². The SMILES string of the molecule is CCOc1ccc(CCC(=O)N(Cc2c(Cl)cccc2Cl)[C@H](CC)C(=O)NC(C)C)cc1OCC. The highest BCUT2D eigenvalue weighted by atomic mass is 35.5. The zero-order valence-electron chi connectivity index (χ0n) is 21.2. The van der Waals surface area contributed by atoms with Crippen LogP contribution in [0.5, 0.6) is 11.5 Å². The Morgan fingerprint density at radius 1 is 0.971 bits per heavy atom. The molecule has 2 aromatic rings. The fourth-order valence-electron chi connectivity index (χ4n) is 3.80. The van der Waals surface area contributed by atoms with Crippen molar-refractivity contribution in [3.8, 4) is 11.5 Å². The van der Waals surface area contributed by atoms with Gasteiger partial charge in [-0.2, -0.15) is 0 Å². The number of benzene rings is 2. The van der Waals surface area contributed by atoms with E-state index in [0.29, 0.717) is 53.2 Å². The maximum atomic E-state index is 13.5. The van der Waals surface area contributed by atoms with E-state index in [2.05, 4.69) is 5.32 Å². The van der Waals surface area contributed by atoms with Gasteiger partial charge in [0.1, 0.15) is 6.04 Å². The van der Waals surface area contributed by atoms with Gasteiger partial charge in [0.2, 0.25) is 11.8 Å². The summed E-state index contributed by atoms with van der Waals surface area (Å²) in [5.74, 6) is 0.981. The van der Waals surface area contributed by atoms with E-state index in [1.165, 1.54) is 0 Å². The van der Waals surface area contributed by atoms with E-state index in [1.54, 1.807) is 23.1 Å². The van der Waals surface area contributed by atoms with E-state index in [4.69, 9.17) is 32.7 Å². The standard InChI is InChI=1S/C27H36Cl2N2O4/c1-6-23(27(33)30-18(4)5)31(17-20-21(28)10-9-11-22(20)29)26(32)15-13-19-12-14-24(34-7-2)25(16-19)35-8-3/h9-12,14,16,18,23H,6-8,13,15,17H2,1-5H3,(H,30,33)/t23-/m1/s1. The van der Waals surface area contributed by atoms with Crippen LogP contribution in [0, 0.1) is 0 Å². The van der Waals surface area contributed by atoms with Crippen LogP contribution in [0.4, 0.5) is 0 Å². The lowest BCUT2D eigenvalue weighted by atomic mass is 10.1. The molecular weight excluding hydrogens is 487 g/mol. The summed E-state index contributed by atoms with van der Waals surface area (Å²) in [6, 6.07) is 10.2. The topological polar surface area (TPSA) is 67.9 Å². The maximum absolute atomic E-state index is 13.5. The van der Waals surface area contributed by atoms with Crippen molar-refractivity contribution >= 4 is 35.0 Å². The summed E-state index contributed by atoms with van der Waals surface area (Å²) in [6.45, 7) is 10.7. The van der Waals surface area contributed by atoms with Crippen LogP contribution in [0.25, 0.3) is 0 Å². The minimum Gasteiger partial charge on any atom is -0.490 e. The van der Waals surface area contributed by atoms with Crippen molar-refractivity contribution < 1.29 is 19.1 Å². The van der Waals surface area contributed by atoms with Crippen molar-refractivity contribution in [3.05, 3.63) is 57.6 Å². The van der Waals surface area contributed by atoms with Crippen molar-refractivity contribution in [2.75, 3.05) is 13.2 Å². The maximum Gasteiger partial charge on any atom is 0.243 e. The van der Waals surface area contributed by atoms with E-state index in [0.717, 1.165) is 5.56 Å². The summed E-state index contributed by atoms with van der Waals surface area (Å²) in [7, 11) is 0. The molecule has 192 valence electrons. The van der Waals surface area contributed by atoms with Crippen molar-refractivity contribution in [1.82, 2.24) is 10.2 Å². The molecule has 0 unspecified atom stereocenters. The van der Waals surface area contributed by atoms with E-state index >= 15 is 0 Å². The minimum absolute atomic E-state index is 0.0433. The molecule has 2 amide bonds. The first-order valence-corrected chi connectivity index (χ1v) is 12.9. The summed E-state index contributed by atoms with van der Waals surface area (Å²) in [5, 5.41) is 3.85. The second-order valence-corrected chi connectivity index (χ2v) is 9.27. The molecule has 0 aromatic heterocycles. The number of rotatable bonds is 13. The molecular formula is C27H36Cl2N2O4. The third-order valence-electron chi connectivity index (χ3n) is 5.44.